The molecule has 1 aromatic carbocycles. The molecule has 1 heterocycles. The van der Waals surface area contributed by atoms with Crippen LogP contribution in [-0.4, -0.2) is 16.6 Å². The summed E-state index contributed by atoms with van der Waals surface area (Å²) in [4.78, 5) is 17.9. The topological polar surface area (TPSA) is 67.0 Å². The van der Waals surface area contributed by atoms with Gasteiger partial charge in [-0.2, -0.15) is 0 Å². The molecule has 94 valence electrons. The van der Waals surface area contributed by atoms with Gasteiger partial charge in [0.1, 0.15) is 10.2 Å². The van der Waals surface area contributed by atoms with Crippen molar-refractivity contribution in [3.8, 4) is 5.75 Å². The van der Waals surface area contributed by atoms with Crippen molar-refractivity contribution in [2.75, 3.05) is 11.9 Å². The fraction of sp³-hybridized carbons (Fsp3) is 0.167. The van der Waals surface area contributed by atoms with Crippen LogP contribution in [0.2, 0.25) is 0 Å². The minimum atomic E-state index is -0.224. The van der Waals surface area contributed by atoms with E-state index in [1.54, 1.807) is 0 Å². The lowest BCUT2D eigenvalue weighted by atomic mass is 10.3. The fourth-order valence-corrected chi connectivity index (χ4v) is 1.72. The van der Waals surface area contributed by atoms with E-state index in [9.17, 15) is 4.79 Å². The number of benzene rings is 1. The minimum Gasteiger partial charge on any atom is -0.494 e. The highest BCUT2D eigenvalue weighted by atomic mass is 79.9. The van der Waals surface area contributed by atoms with E-state index in [2.05, 4.69) is 31.2 Å². The Bertz CT molecular complexity index is 581. The number of hydrogen-bond donors (Lipinski definition) is 2. The number of hydrogen-bond acceptors (Lipinski definition) is 4. The first kappa shape index (κ1) is 12.6. The maximum absolute atomic E-state index is 11.4. The van der Waals surface area contributed by atoms with Crippen molar-refractivity contribution in [1.82, 2.24) is 9.97 Å². The summed E-state index contributed by atoms with van der Waals surface area (Å²) in [5.74, 6) is 1.28. The number of nitrogens with one attached hydrogen (secondary N) is 2. The van der Waals surface area contributed by atoms with Crippen molar-refractivity contribution < 1.29 is 4.74 Å². The molecule has 0 unspecified atom stereocenters. The second kappa shape index (κ2) is 5.68. The van der Waals surface area contributed by atoms with Crippen molar-refractivity contribution in [3.05, 3.63) is 45.4 Å². The minimum absolute atomic E-state index is 0.224. The Labute approximate surface area is 112 Å². The molecule has 0 fully saturated rings. The summed E-state index contributed by atoms with van der Waals surface area (Å²) in [5, 5.41) is 3.05. The molecule has 2 N–H and O–H groups in total. The van der Waals surface area contributed by atoms with E-state index in [-0.39, 0.29) is 5.56 Å². The number of halogens is 1. The molecule has 0 atom stereocenters. The zero-order valence-electron chi connectivity index (χ0n) is 9.74. The van der Waals surface area contributed by atoms with Crippen LogP contribution in [0.5, 0.6) is 5.75 Å². The number of nitrogens with zero attached hydrogens (tertiary/aromatic N) is 1. The van der Waals surface area contributed by atoms with Gasteiger partial charge in [0.2, 0.25) is 0 Å². The van der Waals surface area contributed by atoms with Crippen LogP contribution in [0, 0.1) is 0 Å². The van der Waals surface area contributed by atoms with Gasteiger partial charge in [-0.1, -0.05) is 0 Å². The second-order valence-corrected chi connectivity index (χ2v) is 4.27. The molecule has 0 spiro atoms. The van der Waals surface area contributed by atoms with Gasteiger partial charge in [-0.05, 0) is 47.1 Å². The molecule has 6 heteroatoms. The predicted octanol–water partition coefficient (Wildman–Crippen LogP) is 2.67. The van der Waals surface area contributed by atoms with Crippen LogP contribution in [0.3, 0.4) is 0 Å². The van der Waals surface area contributed by atoms with Gasteiger partial charge >= 0.3 is 0 Å². The van der Waals surface area contributed by atoms with Crippen LogP contribution in [0.15, 0.2) is 39.9 Å². The Balaban J connectivity index is 2.18. The van der Waals surface area contributed by atoms with Gasteiger partial charge in [-0.3, -0.25) is 4.79 Å². The maximum Gasteiger partial charge on any atom is 0.267 e. The summed E-state index contributed by atoms with van der Waals surface area (Å²) >= 11 is 3.18. The first-order chi connectivity index (χ1) is 8.70. The molecule has 0 aliphatic rings. The Hall–Kier alpha value is -1.82. The number of anilines is 2. The zero-order valence-corrected chi connectivity index (χ0v) is 11.3. The largest absolute Gasteiger partial charge is 0.494 e. The third-order valence-electron chi connectivity index (χ3n) is 2.22. The molecule has 5 nitrogen and oxygen atoms in total. The van der Waals surface area contributed by atoms with E-state index in [4.69, 9.17) is 4.74 Å². The lowest BCUT2D eigenvalue weighted by Crippen LogP contribution is -2.09. The number of aromatic nitrogens is 2. The van der Waals surface area contributed by atoms with Crippen molar-refractivity contribution >= 4 is 27.4 Å². The van der Waals surface area contributed by atoms with Gasteiger partial charge < -0.3 is 15.0 Å². The van der Waals surface area contributed by atoms with Crippen molar-refractivity contribution in [2.45, 2.75) is 6.92 Å². The number of rotatable bonds is 4. The standard InChI is InChI=1S/C12H12BrN3O2/c1-2-18-9-5-3-8(4-6-9)16-11-10(13)12(17)15-7-14-11/h3-7H,2H2,1H3,(H2,14,15,16,17). The molecule has 0 saturated carbocycles. The van der Waals surface area contributed by atoms with Crippen LogP contribution >= 0.6 is 15.9 Å². The van der Waals surface area contributed by atoms with Crippen LogP contribution < -0.4 is 15.6 Å². The summed E-state index contributed by atoms with van der Waals surface area (Å²) in [6, 6.07) is 7.43. The van der Waals surface area contributed by atoms with Gasteiger partial charge in [-0.25, -0.2) is 4.98 Å². The van der Waals surface area contributed by atoms with Gasteiger partial charge in [0, 0.05) is 5.69 Å². The van der Waals surface area contributed by atoms with Gasteiger partial charge in [0.25, 0.3) is 5.56 Å². The molecule has 2 aromatic rings. The average Bonchev–Trinajstić information content (AvgIpc) is 2.38. The molecule has 0 saturated heterocycles. The summed E-state index contributed by atoms with van der Waals surface area (Å²) in [7, 11) is 0. The fourth-order valence-electron chi connectivity index (χ4n) is 1.41. The SMILES string of the molecule is CCOc1ccc(Nc2nc[nH]c(=O)c2Br)cc1. The molecule has 18 heavy (non-hydrogen) atoms. The zero-order chi connectivity index (χ0) is 13.0. The Morgan fingerprint density at radius 3 is 2.78 bits per heavy atom. The first-order valence-corrected chi connectivity index (χ1v) is 6.23. The smallest absolute Gasteiger partial charge is 0.267 e. The Morgan fingerprint density at radius 2 is 2.11 bits per heavy atom. The molecule has 0 amide bonds. The third kappa shape index (κ3) is 2.89. The Kier molecular flexibility index (Phi) is 3.99. The quantitative estimate of drug-likeness (QED) is 0.911. The number of aromatic amines is 1. The molecular formula is C12H12BrN3O2. The van der Waals surface area contributed by atoms with Gasteiger partial charge in [0.05, 0.1) is 12.9 Å². The molecule has 0 radical (unpaired) electrons. The monoisotopic (exact) mass is 309 g/mol. The van der Waals surface area contributed by atoms with E-state index < -0.39 is 0 Å². The number of H-pyrrole nitrogens is 1. The average molecular weight is 310 g/mol. The summed E-state index contributed by atoms with van der Waals surface area (Å²) < 4.78 is 5.72. The van der Waals surface area contributed by atoms with Crippen LogP contribution in [0.4, 0.5) is 11.5 Å². The highest BCUT2D eigenvalue weighted by molar-refractivity contribution is 9.10. The third-order valence-corrected chi connectivity index (χ3v) is 2.96. The van der Waals surface area contributed by atoms with E-state index in [1.165, 1.54) is 6.33 Å². The predicted molar refractivity (Wildman–Crippen MR) is 73.5 cm³/mol. The van der Waals surface area contributed by atoms with Crippen LogP contribution in [0.1, 0.15) is 6.92 Å². The van der Waals surface area contributed by atoms with E-state index in [0.29, 0.717) is 16.9 Å². The van der Waals surface area contributed by atoms with Crippen molar-refractivity contribution in [2.24, 2.45) is 0 Å². The highest BCUT2D eigenvalue weighted by Gasteiger charge is 2.05. The summed E-state index contributed by atoms with van der Waals surface area (Å²) in [6.45, 7) is 2.57. The molecule has 0 aliphatic carbocycles. The second-order valence-electron chi connectivity index (χ2n) is 3.48. The molecule has 0 aliphatic heterocycles. The van der Waals surface area contributed by atoms with Crippen LogP contribution in [-0.2, 0) is 0 Å². The maximum atomic E-state index is 11.4. The van der Waals surface area contributed by atoms with Gasteiger partial charge in [0.15, 0.2) is 5.82 Å². The number of ether oxygens (including phenoxy) is 1. The molecule has 2 rings (SSSR count). The first-order valence-electron chi connectivity index (χ1n) is 5.43. The van der Waals surface area contributed by atoms with E-state index in [1.807, 2.05) is 31.2 Å². The van der Waals surface area contributed by atoms with Crippen molar-refractivity contribution in [1.29, 1.82) is 0 Å². The van der Waals surface area contributed by atoms with Crippen LogP contribution in [0.25, 0.3) is 0 Å². The van der Waals surface area contributed by atoms with E-state index >= 15 is 0 Å². The molecule has 0 bridgehead atoms. The Morgan fingerprint density at radius 1 is 1.39 bits per heavy atom. The lowest BCUT2D eigenvalue weighted by Gasteiger charge is -2.08. The molecule has 1 aromatic heterocycles. The highest BCUT2D eigenvalue weighted by Crippen LogP contribution is 2.21. The normalized spacial score (nSPS) is 10.1. The van der Waals surface area contributed by atoms with E-state index in [0.717, 1.165) is 11.4 Å². The van der Waals surface area contributed by atoms with Gasteiger partial charge in [-0.15, -0.1) is 0 Å². The summed E-state index contributed by atoms with van der Waals surface area (Å²) in [5.41, 5.74) is 0.607. The van der Waals surface area contributed by atoms with Crippen molar-refractivity contribution in [3.63, 3.8) is 0 Å². The summed E-state index contributed by atoms with van der Waals surface area (Å²) in [6.07, 6.45) is 1.35. The lowest BCUT2D eigenvalue weighted by molar-refractivity contribution is 0.340. The molecular weight excluding hydrogens is 298 g/mol.